The Balaban J connectivity index is 1.95. The minimum Gasteiger partial charge on any atom is -0.326 e. The van der Waals surface area contributed by atoms with Crippen LogP contribution in [0.25, 0.3) is 0 Å². The van der Waals surface area contributed by atoms with Crippen molar-refractivity contribution in [3.63, 3.8) is 0 Å². The van der Waals surface area contributed by atoms with Gasteiger partial charge in [0.05, 0.1) is 5.75 Å². The molecule has 1 aromatic heterocycles. The lowest BCUT2D eigenvalue weighted by molar-refractivity contribution is -0.147. The fourth-order valence-electron chi connectivity index (χ4n) is 1.89. The second-order valence-electron chi connectivity index (χ2n) is 4.96. The lowest BCUT2D eigenvalue weighted by Crippen LogP contribution is -2.16. The molecule has 25 heavy (non-hydrogen) atoms. The first kappa shape index (κ1) is 18.8. The van der Waals surface area contributed by atoms with Gasteiger partial charge < -0.3 is 15.2 Å². The van der Waals surface area contributed by atoms with Crippen LogP contribution in [0.1, 0.15) is 12.7 Å². The van der Waals surface area contributed by atoms with Crippen molar-refractivity contribution in [3.05, 3.63) is 30.1 Å². The molecule has 0 bridgehead atoms. The molecule has 0 fully saturated rings. The molecule has 2 N–H and O–H groups in total. The molecule has 134 valence electrons. The summed E-state index contributed by atoms with van der Waals surface area (Å²) >= 11 is 0.834. The number of benzene rings is 1. The highest BCUT2D eigenvalue weighted by Gasteiger charge is 2.37. The van der Waals surface area contributed by atoms with Crippen molar-refractivity contribution in [2.24, 2.45) is 7.05 Å². The third kappa shape index (κ3) is 5.21. The van der Waals surface area contributed by atoms with Crippen LogP contribution in [0.4, 0.5) is 24.5 Å². The Hall–Kier alpha value is -2.56. The van der Waals surface area contributed by atoms with Gasteiger partial charge in [-0.3, -0.25) is 9.59 Å². The Morgan fingerprint density at radius 3 is 2.40 bits per heavy atom. The van der Waals surface area contributed by atoms with Crippen LogP contribution in [0.5, 0.6) is 0 Å². The molecular formula is C14H14F3N5O2S. The molecule has 2 rings (SSSR count). The maximum Gasteiger partial charge on any atom is 0.451 e. The van der Waals surface area contributed by atoms with Crippen molar-refractivity contribution < 1.29 is 22.8 Å². The van der Waals surface area contributed by atoms with Crippen molar-refractivity contribution in [2.45, 2.75) is 18.3 Å². The minimum atomic E-state index is -4.60. The van der Waals surface area contributed by atoms with Crippen LogP contribution in [0.3, 0.4) is 0 Å². The highest BCUT2D eigenvalue weighted by Crippen LogP contribution is 2.29. The normalized spacial score (nSPS) is 11.2. The lowest BCUT2D eigenvalue weighted by Gasteiger charge is -2.08. The van der Waals surface area contributed by atoms with Crippen LogP contribution in [0.2, 0.25) is 0 Å². The number of alkyl halides is 3. The van der Waals surface area contributed by atoms with Gasteiger partial charge in [-0.2, -0.15) is 13.2 Å². The Morgan fingerprint density at radius 1 is 1.20 bits per heavy atom. The van der Waals surface area contributed by atoms with E-state index in [0.717, 1.165) is 16.3 Å². The monoisotopic (exact) mass is 373 g/mol. The van der Waals surface area contributed by atoms with Gasteiger partial charge in [0.2, 0.25) is 17.6 Å². The molecule has 0 saturated heterocycles. The quantitative estimate of drug-likeness (QED) is 0.787. The van der Waals surface area contributed by atoms with E-state index in [4.69, 9.17) is 0 Å². The molecule has 1 aromatic carbocycles. The van der Waals surface area contributed by atoms with Crippen LogP contribution < -0.4 is 10.6 Å². The molecule has 0 aliphatic rings. The number of carbonyl (C=O) groups is 2. The summed E-state index contributed by atoms with van der Waals surface area (Å²) in [4.78, 5) is 22.9. The van der Waals surface area contributed by atoms with E-state index in [0.29, 0.717) is 11.4 Å². The Kier molecular flexibility index (Phi) is 5.67. The van der Waals surface area contributed by atoms with Crippen LogP contribution in [0, 0.1) is 0 Å². The van der Waals surface area contributed by atoms with Crippen LogP contribution in [-0.4, -0.2) is 32.3 Å². The van der Waals surface area contributed by atoms with Crippen molar-refractivity contribution in [1.29, 1.82) is 0 Å². The van der Waals surface area contributed by atoms with E-state index < -0.39 is 17.9 Å². The van der Waals surface area contributed by atoms with Gasteiger partial charge in [-0.25, -0.2) is 0 Å². The Morgan fingerprint density at radius 2 is 1.84 bits per heavy atom. The zero-order valence-corrected chi connectivity index (χ0v) is 14.0. The Labute approximate surface area is 145 Å². The molecule has 0 atom stereocenters. The average molecular weight is 373 g/mol. The number of aromatic nitrogens is 3. The van der Waals surface area contributed by atoms with Gasteiger partial charge in [-0.1, -0.05) is 17.8 Å². The van der Waals surface area contributed by atoms with Gasteiger partial charge in [0.1, 0.15) is 0 Å². The third-order valence-corrected chi connectivity index (χ3v) is 3.91. The number of rotatable bonds is 5. The van der Waals surface area contributed by atoms with E-state index >= 15 is 0 Å². The van der Waals surface area contributed by atoms with E-state index in [2.05, 4.69) is 20.8 Å². The van der Waals surface area contributed by atoms with E-state index in [1.807, 2.05) is 0 Å². The zero-order valence-electron chi connectivity index (χ0n) is 13.2. The van der Waals surface area contributed by atoms with Gasteiger partial charge in [0.25, 0.3) is 0 Å². The van der Waals surface area contributed by atoms with Crippen molar-refractivity contribution in [1.82, 2.24) is 14.8 Å². The summed E-state index contributed by atoms with van der Waals surface area (Å²) in [6.07, 6.45) is -4.60. The van der Waals surface area contributed by atoms with Crippen molar-refractivity contribution in [3.8, 4) is 0 Å². The molecule has 11 heteroatoms. The zero-order chi connectivity index (χ0) is 18.6. The van der Waals surface area contributed by atoms with E-state index in [9.17, 15) is 22.8 Å². The standard InChI is InChI=1S/C14H14F3N5O2S/c1-8(23)18-9-4-3-5-10(6-9)19-11(24)7-25-13-21-20-12(22(13)2)14(15,16)17/h3-6H,7H2,1-2H3,(H,18,23)(H,19,24). The van der Waals surface area contributed by atoms with Crippen LogP contribution in [0.15, 0.2) is 29.4 Å². The van der Waals surface area contributed by atoms with E-state index in [-0.39, 0.29) is 16.8 Å². The third-order valence-electron chi connectivity index (χ3n) is 2.89. The summed E-state index contributed by atoms with van der Waals surface area (Å²) in [6, 6.07) is 6.49. The Bertz CT molecular complexity index is 791. The highest BCUT2D eigenvalue weighted by atomic mass is 32.2. The molecule has 0 radical (unpaired) electrons. The predicted molar refractivity (Wildman–Crippen MR) is 86.1 cm³/mol. The minimum absolute atomic E-state index is 0.0190. The number of thioether (sulfide) groups is 1. The van der Waals surface area contributed by atoms with Crippen molar-refractivity contribution >= 4 is 35.0 Å². The number of carbonyl (C=O) groups excluding carboxylic acids is 2. The van der Waals surface area contributed by atoms with Gasteiger partial charge >= 0.3 is 6.18 Å². The molecule has 2 aromatic rings. The summed E-state index contributed by atoms with van der Waals surface area (Å²) in [5.74, 6) is -1.95. The maximum atomic E-state index is 12.6. The number of amides is 2. The van der Waals surface area contributed by atoms with E-state index in [1.165, 1.54) is 14.0 Å². The number of hydrogen-bond donors (Lipinski definition) is 2. The van der Waals surface area contributed by atoms with Gasteiger partial charge in [-0.05, 0) is 18.2 Å². The van der Waals surface area contributed by atoms with E-state index in [1.54, 1.807) is 24.3 Å². The fraction of sp³-hybridized carbons (Fsp3) is 0.286. The molecule has 0 spiro atoms. The molecule has 7 nitrogen and oxygen atoms in total. The molecule has 0 unspecified atom stereocenters. The number of nitrogens with zero attached hydrogens (tertiary/aromatic N) is 3. The number of anilines is 2. The molecule has 0 saturated carbocycles. The smallest absolute Gasteiger partial charge is 0.326 e. The van der Waals surface area contributed by atoms with Gasteiger partial charge in [-0.15, -0.1) is 10.2 Å². The van der Waals surface area contributed by atoms with Gasteiger partial charge in [0, 0.05) is 25.3 Å². The van der Waals surface area contributed by atoms with Crippen LogP contribution in [-0.2, 0) is 22.8 Å². The number of hydrogen-bond acceptors (Lipinski definition) is 5. The fourth-order valence-corrected chi connectivity index (χ4v) is 2.60. The molecule has 2 amide bonds. The van der Waals surface area contributed by atoms with Crippen molar-refractivity contribution in [2.75, 3.05) is 16.4 Å². The topological polar surface area (TPSA) is 88.9 Å². The summed E-state index contributed by atoms with van der Waals surface area (Å²) in [7, 11) is 1.18. The highest BCUT2D eigenvalue weighted by molar-refractivity contribution is 7.99. The lowest BCUT2D eigenvalue weighted by atomic mass is 10.2. The maximum absolute atomic E-state index is 12.6. The molecule has 1 heterocycles. The molecule has 0 aliphatic heterocycles. The largest absolute Gasteiger partial charge is 0.451 e. The SMILES string of the molecule is CC(=O)Nc1cccc(NC(=O)CSc2nnc(C(F)(F)F)n2C)c1. The first-order valence-corrected chi connectivity index (χ1v) is 7.92. The first-order chi connectivity index (χ1) is 11.7. The number of halogens is 3. The summed E-state index contributed by atoms with van der Waals surface area (Å²) in [5.41, 5.74) is 0.965. The second-order valence-corrected chi connectivity index (χ2v) is 5.90. The average Bonchev–Trinajstić information content (AvgIpc) is 2.86. The summed E-state index contributed by atoms with van der Waals surface area (Å²) in [6.45, 7) is 1.36. The van der Waals surface area contributed by atoms with Crippen LogP contribution >= 0.6 is 11.8 Å². The van der Waals surface area contributed by atoms with Gasteiger partial charge in [0.15, 0.2) is 5.16 Å². The first-order valence-electron chi connectivity index (χ1n) is 6.93. The molecular weight excluding hydrogens is 359 g/mol. The summed E-state index contributed by atoms with van der Waals surface area (Å²) < 4.78 is 38.7. The summed E-state index contributed by atoms with van der Waals surface area (Å²) in [5, 5.41) is 11.7. The number of nitrogens with one attached hydrogen (secondary N) is 2. The second kappa shape index (κ2) is 7.55. The molecule has 0 aliphatic carbocycles. The predicted octanol–water partition coefficient (Wildman–Crippen LogP) is 2.52.